The van der Waals surface area contributed by atoms with Crippen molar-refractivity contribution in [2.24, 2.45) is 0 Å². The van der Waals surface area contributed by atoms with Crippen LogP contribution in [0.15, 0.2) is 0 Å². The summed E-state index contributed by atoms with van der Waals surface area (Å²) < 4.78 is 0.840. The standard InChI is InChI=1S/C6H11NS3/c1-2-8-5(7-1)6-9-3-4-10-6/h5-7H,1-4H2. The molecule has 0 aromatic carbocycles. The van der Waals surface area contributed by atoms with E-state index in [0.29, 0.717) is 0 Å². The zero-order chi connectivity index (χ0) is 6.81. The Bertz CT molecular complexity index is 93.6. The fourth-order valence-electron chi connectivity index (χ4n) is 1.17. The van der Waals surface area contributed by atoms with Crippen LogP contribution >= 0.6 is 35.3 Å². The van der Waals surface area contributed by atoms with Crippen molar-refractivity contribution >= 4 is 35.3 Å². The second-order valence-corrected chi connectivity index (χ2v) is 6.40. The molecule has 0 bridgehead atoms. The first-order chi connectivity index (χ1) is 4.97. The molecule has 2 heterocycles. The fraction of sp³-hybridized carbons (Fsp3) is 1.00. The van der Waals surface area contributed by atoms with Gasteiger partial charge in [-0.15, -0.1) is 35.3 Å². The van der Waals surface area contributed by atoms with Gasteiger partial charge in [-0.05, 0) is 0 Å². The van der Waals surface area contributed by atoms with Gasteiger partial charge in [-0.3, -0.25) is 0 Å². The molecule has 1 N–H and O–H groups in total. The van der Waals surface area contributed by atoms with Crippen molar-refractivity contribution < 1.29 is 0 Å². The molecule has 0 aromatic rings. The minimum absolute atomic E-state index is 0.748. The van der Waals surface area contributed by atoms with Crippen LogP contribution in [-0.4, -0.2) is 33.8 Å². The lowest BCUT2D eigenvalue weighted by molar-refractivity contribution is 0.754. The van der Waals surface area contributed by atoms with Gasteiger partial charge in [0.15, 0.2) is 0 Å². The Labute approximate surface area is 74.5 Å². The summed E-state index contributed by atoms with van der Waals surface area (Å²) in [4.78, 5) is 0. The topological polar surface area (TPSA) is 12.0 Å². The van der Waals surface area contributed by atoms with Crippen molar-refractivity contribution in [2.75, 3.05) is 23.8 Å². The molecule has 58 valence electrons. The minimum Gasteiger partial charge on any atom is -0.303 e. The van der Waals surface area contributed by atoms with Gasteiger partial charge >= 0.3 is 0 Å². The first kappa shape index (κ1) is 7.65. The molecule has 0 saturated carbocycles. The zero-order valence-electron chi connectivity index (χ0n) is 5.71. The molecule has 4 heteroatoms. The summed E-state index contributed by atoms with van der Waals surface area (Å²) in [5, 5.41) is 4.27. The van der Waals surface area contributed by atoms with Gasteiger partial charge in [0.05, 0.1) is 9.96 Å². The molecule has 0 aromatic heterocycles. The lowest BCUT2D eigenvalue weighted by Gasteiger charge is -2.14. The van der Waals surface area contributed by atoms with E-state index in [4.69, 9.17) is 0 Å². The molecule has 1 nitrogen and oxygen atoms in total. The highest BCUT2D eigenvalue weighted by Gasteiger charge is 2.28. The second kappa shape index (κ2) is 3.61. The Morgan fingerprint density at radius 2 is 1.80 bits per heavy atom. The summed E-state index contributed by atoms with van der Waals surface area (Å²) in [5.41, 5.74) is 0. The van der Waals surface area contributed by atoms with E-state index in [9.17, 15) is 0 Å². The van der Waals surface area contributed by atoms with E-state index in [1.807, 2.05) is 0 Å². The number of rotatable bonds is 1. The number of thioether (sulfide) groups is 3. The Kier molecular flexibility index (Phi) is 2.76. The van der Waals surface area contributed by atoms with E-state index in [0.717, 1.165) is 9.96 Å². The average molecular weight is 193 g/mol. The Hall–Kier alpha value is 1.01. The second-order valence-electron chi connectivity index (χ2n) is 2.36. The van der Waals surface area contributed by atoms with Crippen LogP contribution in [0, 0.1) is 0 Å². The highest BCUT2D eigenvalue weighted by Crippen LogP contribution is 2.39. The molecule has 1 atom stereocenters. The van der Waals surface area contributed by atoms with Crippen molar-refractivity contribution in [1.82, 2.24) is 5.32 Å². The Morgan fingerprint density at radius 1 is 1.00 bits per heavy atom. The van der Waals surface area contributed by atoms with E-state index < -0.39 is 0 Å². The highest BCUT2D eigenvalue weighted by atomic mass is 32.2. The van der Waals surface area contributed by atoms with Crippen LogP contribution < -0.4 is 5.32 Å². The van der Waals surface area contributed by atoms with E-state index in [1.54, 1.807) is 0 Å². The van der Waals surface area contributed by atoms with Crippen LogP contribution in [-0.2, 0) is 0 Å². The molecule has 2 fully saturated rings. The average Bonchev–Trinajstić information content (AvgIpc) is 2.59. The molecular weight excluding hydrogens is 182 g/mol. The zero-order valence-corrected chi connectivity index (χ0v) is 8.16. The lowest BCUT2D eigenvalue weighted by Crippen LogP contribution is -2.27. The van der Waals surface area contributed by atoms with Crippen LogP contribution in [0.5, 0.6) is 0 Å². The minimum atomic E-state index is 0.748. The Balaban J connectivity index is 1.85. The number of hydrogen-bond acceptors (Lipinski definition) is 4. The quantitative estimate of drug-likeness (QED) is 0.676. The van der Waals surface area contributed by atoms with Gasteiger partial charge in [-0.1, -0.05) is 0 Å². The van der Waals surface area contributed by atoms with Crippen LogP contribution in [0.3, 0.4) is 0 Å². The van der Waals surface area contributed by atoms with Crippen molar-refractivity contribution in [3.8, 4) is 0 Å². The molecule has 0 amide bonds. The molecule has 2 rings (SSSR count). The van der Waals surface area contributed by atoms with Gasteiger partial charge in [0.1, 0.15) is 0 Å². The largest absolute Gasteiger partial charge is 0.303 e. The fourth-order valence-corrected chi connectivity index (χ4v) is 5.74. The molecule has 2 aliphatic rings. The molecular formula is C6H11NS3. The monoisotopic (exact) mass is 193 g/mol. The van der Waals surface area contributed by atoms with Crippen LogP contribution in [0.25, 0.3) is 0 Å². The molecule has 2 aliphatic heterocycles. The van der Waals surface area contributed by atoms with Crippen LogP contribution in [0.2, 0.25) is 0 Å². The van der Waals surface area contributed by atoms with Gasteiger partial charge in [-0.25, -0.2) is 0 Å². The van der Waals surface area contributed by atoms with Crippen molar-refractivity contribution in [2.45, 2.75) is 9.96 Å². The maximum atomic E-state index is 3.52. The Morgan fingerprint density at radius 3 is 2.40 bits per heavy atom. The number of hydrogen-bond donors (Lipinski definition) is 1. The molecule has 0 aliphatic carbocycles. The summed E-state index contributed by atoms with van der Waals surface area (Å²) >= 11 is 6.33. The molecule has 0 radical (unpaired) electrons. The third-order valence-corrected chi connectivity index (χ3v) is 6.38. The van der Waals surface area contributed by atoms with Gasteiger partial charge < -0.3 is 5.32 Å². The normalized spacial score (nSPS) is 35.4. The maximum Gasteiger partial charge on any atom is 0.0749 e. The smallest absolute Gasteiger partial charge is 0.0749 e. The van der Waals surface area contributed by atoms with Crippen molar-refractivity contribution in [3.63, 3.8) is 0 Å². The summed E-state index contributed by atoms with van der Waals surface area (Å²) in [6.07, 6.45) is 0. The maximum absolute atomic E-state index is 3.52. The summed E-state index contributed by atoms with van der Waals surface area (Å²) in [6.45, 7) is 1.22. The highest BCUT2D eigenvalue weighted by molar-refractivity contribution is 8.21. The van der Waals surface area contributed by atoms with Crippen molar-refractivity contribution in [1.29, 1.82) is 0 Å². The lowest BCUT2D eigenvalue weighted by atomic mass is 10.6. The van der Waals surface area contributed by atoms with Gasteiger partial charge in [0, 0.05) is 23.8 Å². The van der Waals surface area contributed by atoms with E-state index in [2.05, 4.69) is 40.6 Å². The third-order valence-electron chi connectivity index (χ3n) is 1.64. The SMILES string of the molecule is C1CSC(C2SCCS2)N1. The molecule has 0 spiro atoms. The summed E-state index contributed by atoms with van der Waals surface area (Å²) in [6, 6.07) is 0. The summed E-state index contributed by atoms with van der Waals surface area (Å²) in [5.74, 6) is 4.02. The molecule has 1 unspecified atom stereocenters. The van der Waals surface area contributed by atoms with E-state index in [-0.39, 0.29) is 0 Å². The predicted molar refractivity (Wildman–Crippen MR) is 53.0 cm³/mol. The van der Waals surface area contributed by atoms with E-state index in [1.165, 1.54) is 23.8 Å². The van der Waals surface area contributed by atoms with Gasteiger partial charge in [0.25, 0.3) is 0 Å². The number of nitrogens with one attached hydrogen (secondary N) is 1. The summed E-state index contributed by atoms with van der Waals surface area (Å²) in [7, 11) is 0. The first-order valence-electron chi connectivity index (χ1n) is 3.55. The van der Waals surface area contributed by atoms with Crippen LogP contribution in [0.4, 0.5) is 0 Å². The van der Waals surface area contributed by atoms with Crippen molar-refractivity contribution in [3.05, 3.63) is 0 Å². The predicted octanol–water partition coefficient (Wildman–Crippen LogP) is 1.45. The van der Waals surface area contributed by atoms with Gasteiger partial charge in [-0.2, -0.15) is 0 Å². The third kappa shape index (κ3) is 1.60. The first-order valence-corrected chi connectivity index (χ1v) is 6.69. The van der Waals surface area contributed by atoms with E-state index >= 15 is 0 Å². The van der Waals surface area contributed by atoms with Gasteiger partial charge in [0.2, 0.25) is 0 Å². The molecule has 2 saturated heterocycles. The van der Waals surface area contributed by atoms with Crippen LogP contribution in [0.1, 0.15) is 0 Å². The molecule has 10 heavy (non-hydrogen) atoms.